The van der Waals surface area contributed by atoms with Crippen LogP contribution in [-0.4, -0.2) is 20.6 Å². The van der Waals surface area contributed by atoms with Crippen molar-refractivity contribution >= 4 is 17.6 Å². The lowest BCUT2D eigenvalue weighted by Crippen LogP contribution is -2.31. The van der Waals surface area contributed by atoms with E-state index in [9.17, 15) is 14.7 Å². The molecule has 3 aromatic rings. The summed E-state index contributed by atoms with van der Waals surface area (Å²) in [7, 11) is 0. The van der Waals surface area contributed by atoms with Gasteiger partial charge in [0.2, 0.25) is 0 Å². The Kier molecular flexibility index (Phi) is 4.67. The summed E-state index contributed by atoms with van der Waals surface area (Å²) in [5.74, 6) is -1.23. The molecule has 1 aromatic carbocycles. The molecular weight excluding hydrogens is 340 g/mol. The molecule has 6 heteroatoms. The van der Waals surface area contributed by atoms with Crippen LogP contribution in [0.3, 0.4) is 0 Å². The molecule has 0 aliphatic rings. The van der Waals surface area contributed by atoms with Crippen molar-refractivity contribution in [2.75, 3.05) is 0 Å². The van der Waals surface area contributed by atoms with E-state index in [4.69, 9.17) is 11.6 Å². The number of carboxylic acids is 1. The molecule has 0 spiro atoms. The summed E-state index contributed by atoms with van der Waals surface area (Å²) in [4.78, 5) is 28.3. The minimum Gasteiger partial charge on any atom is -0.477 e. The summed E-state index contributed by atoms with van der Waals surface area (Å²) in [5.41, 5.74) is 1.29. The standard InChI is InChI=1S/C19H15ClN2O3/c1-12-8-11-22(18(23)16(12)19(24)25)17(14-6-9-21-10-7-14)13-2-4-15(20)5-3-13/h2-11,17H,1H3,(H,24,25). The van der Waals surface area contributed by atoms with Crippen LogP contribution < -0.4 is 5.56 Å². The zero-order valence-corrected chi connectivity index (χ0v) is 14.1. The molecule has 1 atom stereocenters. The number of hydrogen-bond donors (Lipinski definition) is 1. The zero-order chi connectivity index (χ0) is 18.0. The van der Waals surface area contributed by atoms with Gasteiger partial charge in [0.15, 0.2) is 0 Å². The number of rotatable bonds is 4. The predicted molar refractivity (Wildman–Crippen MR) is 95.3 cm³/mol. The van der Waals surface area contributed by atoms with Gasteiger partial charge in [0.05, 0.1) is 6.04 Å². The van der Waals surface area contributed by atoms with Crippen LogP contribution in [0.1, 0.15) is 33.1 Å². The molecule has 25 heavy (non-hydrogen) atoms. The quantitative estimate of drug-likeness (QED) is 0.777. The second-order valence-corrected chi connectivity index (χ2v) is 6.06. The van der Waals surface area contributed by atoms with E-state index in [2.05, 4.69) is 4.98 Å². The molecule has 0 amide bonds. The van der Waals surface area contributed by atoms with Crippen LogP contribution in [0.4, 0.5) is 0 Å². The monoisotopic (exact) mass is 354 g/mol. The first-order valence-electron chi connectivity index (χ1n) is 7.59. The van der Waals surface area contributed by atoms with E-state index in [1.165, 1.54) is 4.57 Å². The van der Waals surface area contributed by atoms with E-state index in [-0.39, 0.29) is 5.56 Å². The molecule has 3 rings (SSSR count). The summed E-state index contributed by atoms with van der Waals surface area (Å²) >= 11 is 5.97. The Balaban J connectivity index is 2.26. The molecule has 0 radical (unpaired) electrons. The molecule has 0 aliphatic heterocycles. The van der Waals surface area contributed by atoms with Gasteiger partial charge in [-0.3, -0.25) is 9.78 Å². The molecule has 2 heterocycles. The first kappa shape index (κ1) is 16.9. The number of hydrogen-bond acceptors (Lipinski definition) is 3. The Bertz CT molecular complexity index is 966. The summed E-state index contributed by atoms with van der Waals surface area (Å²) in [5, 5.41) is 9.97. The van der Waals surface area contributed by atoms with Crippen LogP contribution in [0.2, 0.25) is 5.02 Å². The van der Waals surface area contributed by atoms with Crippen molar-refractivity contribution in [1.82, 2.24) is 9.55 Å². The van der Waals surface area contributed by atoms with Crippen molar-refractivity contribution < 1.29 is 9.90 Å². The van der Waals surface area contributed by atoms with E-state index in [1.807, 2.05) is 12.1 Å². The van der Waals surface area contributed by atoms with Crippen LogP contribution in [0.25, 0.3) is 0 Å². The number of carboxylic acid groups (broad SMARTS) is 1. The van der Waals surface area contributed by atoms with Crippen LogP contribution >= 0.6 is 11.6 Å². The summed E-state index contributed by atoms with van der Waals surface area (Å²) in [6.45, 7) is 1.61. The van der Waals surface area contributed by atoms with Crippen molar-refractivity contribution in [2.45, 2.75) is 13.0 Å². The Morgan fingerprint density at radius 3 is 2.28 bits per heavy atom. The van der Waals surface area contributed by atoms with Gasteiger partial charge in [-0.2, -0.15) is 0 Å². The van der Waals surface area contributed by atoms with Gasteiger partial charge < -0.3 is 9.67 Å². The van der Waals surface area contributed by atoms with Gasteiger partial charge in [0.25, 0.3) is 5.56 Å². The number of aromatic carboxylic acids is 1. The third-order valence-electron chi connectivity index (χ3n) is 4.03. The third kappa shape index (κ3) is 3.32. The van der Waals surface area contributed by atoms with E-state index in [1.54, 1.807) is 55.8 Å². The molecule has 126 valence electrons. The molecule has 0 fully saturated rings. The minimum absolute atomic E-state index is 0.226. The smallest absolute Gasteiger partial charge is 0.341 e. The number of nitrogens with zero attached hydrogens (tertiary/aromatic N) is 2. The van der Waals surface area contributed by atoms with Gasteiger partial charge in [-0.15, -0.1) is 0 Å². The number of halogens is 1. The first-order chi connectivity index (χ1) is 12.0. The normalized spacial score (nSPS) is 11.9. The second-order valence-electron chi connectivity index (χ2n) is 5.63. The van der Waals surface area contributed by atoms with Gasteiger partial charge in [0, 0.05) is 23.6 Å². The van der Waals surface area contributed by atoms with Gasteiger partial charge in [-0.25, -0.2) is 4.79 Å². The fourth-order valence-electron chi connectivity index (χ4n) is 2.81. The van der Waals surface area contributed by atoms with Crippen LogP contribution in [-0.2, 0) is 0 Å². The average Bonchev–Trinajstić information content (AvgIpc) is 2.59. The first-order valence-corrected chi connectivity index (χ1v) is 7.97. The number of carbonyl (C=O) groups is 1. The largest absolute Gasteiger partial charge is 0.477 e. The maximum Gasteiger partial charge on any atom is 0.341 e. The molecule has 1 unspecified atom stereocenters. The van der Waals surface area contributed by atoms with Crippen LogP contribution in [0.5, 0.6) is 0 Å². The Morgan fingerprint density at radius 2 is 1.68 bits per heavy atom. The molecular formula is C19H15ClN2O3. The topological polar surface area (TPSA) is 72.2 Å². The van der Waals surface area contributed by atoms with E-state index in [0.717, 1.165) is 11.1 Å². The van der Waals surface area contributed by atoms with E-state index >= 15 is 0 Å². The highest BCUT2D eigenvalue weighted by atomic mass is 35.5. The van der Waals surface area contributed by atoms with Gasteiger partial charge in [0.1, 0.15) is 5.56 Å². The number of aryl methyl sites for hydroxylation is 1. The van der Waals surface area contributed by atoms with Gasteiger partial charge >= 0.3 is 5.97 Å². The Labute approximate surface area is 149 Å². The second kappa shape index (κ2) is 6.91. The fourth-order valence-corrected chi connectivity index (χ4v) is 2.93. The average molecular weight is 355 g/mol. The Morgan fingerprint density at radius 1 is 1.08 bits per heavy atom. The predicted octanol–water partition coefficient (Wildman–Crippen LogP) is 3.54. The molecule has 5 nitrogen and oxygen atoms in total. The zero-order valence-electron chi connectivity index (χ0n) is 13.4. The van der Waals surface area contributed by atoms with Crippen molar-refractivity contribution in [3.05, 3.63) is 98.7 Å². The fraction of sp³-hybridized carbons (Fsp3) is 0.105. The molecule has 0 aliphatic carbocycles. The highest BCUT2D eigenvalue weighted by molar-refractivity contribution is 6.30. The Hall–Kier alpha value is -2.92. The van der Waals surface area contributed by atoms with Crippen molar-refractivity contribution in [3.63, 3.8) is 0 Å². The van der Waals surface area contributed by atoms with Crippen molar-refractivity contribution in [3.8, 4) is 0 Å². The molecule has 2 aromatic heterocycles. The molecule has 0 bridgehead atoms. The highest BCUT2D eigenvalue weighted by Gasteiger charge is 2.22. The third-order valence-corrected chi connectivity index (χ3v) is 4.28. The van der Waals surface area contributed by atoms with Gasteiger partial charge in [-0.05, 0) is 53.9 Å². The molecule has 0 saturated carbocycles. The minimum atomic E-state index is -1.23. The maximum absolute atomic E-state index is 12.8. The summed E-state index contributed by atoms with van der Waals surface area (Å²) in [6, 6.07) is 11.9. The SMILES string of the molecule is Cc1ccn(C(c2ccncc2)c2ccc(Cl)cc2)c(=O)c1C(=O)O. The van der Waals surface area contributed by atoms with Crippen molar-refractivity contribution in [1.29, 1.82) is 0 Å². The molecule has 1 N–H and O–H groups in total. The van der Waals surface area contributed by atoms with E-state index < -0.39 is 17.6 Å². The van der Waals surface area contributed by atoms with Crippen LogP contribution in [0, 0.1) is 6.92 Å². The lowest BCUT2D eigenvalue weighted by Gasteiger charge is -2.22. The molecule has 0 saturated heterocycles. The number of aromatic nitrogens is 2. The lowest BCUT2D eigenvalue weighted by atomic mass is 9.98. The van der Waals surface area contributed by atoms with Crippen LogP contribution in [0.15, 0.2) is 65.8 Å². The number of pyridine rings is 2. The lowest BCUT2D eigenvalue weighted by molar-refractivity contribution is 0.0693. The van der Waals surface area contributed by atoms with Crippen molar-refractivity contribution in [2.24, 2.45) is 0 Å². The number of benzene rings is 1. The van der Waals surface area contributed by atoms with Gasteiger partial charge in [-0.1, -0.05) is 23.7 Å². The maximum atomic E-state index is 12.8. The van der Waals surface area contributed by atoms with E-state index in [0.29, 0.717) is 10.6 Å². The summed E-state index contributed by atoms with van der Waals surface area (Å²) in [6.07, 6.45) is 4.88. The highest BCUT2D eigenvalue weighted by Crippen LogP contribution is 2.26. The summed E-state index contributed by atoms with van der Waals surface area (Å²) < 4.78 is 1.43.